The minimum atomic E-state index is -1.20. The average molecular weight is 1010 g/mol. The van der Waals surface area contributed by atoms with Crippen LogP contribution in [0.4, 0.5) is 0 Å². The van der Waals surface area contributed by atoms with Crippen LogP contribution in [-0.4, -0.2) is 131 Å². The van der Waals surface area contributed by atoms with Crippen LogP contribution in [0.2, 0.25) is 10.0 Å². The molecular formula is C54H66Cl2N8O7. The van der Waals surface area contributed by atoms with E-state index in [4.69, 9.17) is 32.7 Å². The first-order valence-corrected chi connectivity index (χ1v) is 24.4. The summed E-state index contributed by atoms with van der Waals surface area (Å²) in [5, 5.41) is 6.88. The van der Waals surface area contributed by atoms with E-state index in [-0.39, 0.29) is 57.2 Å². The molecule has 4 aromatic carbocycles. The molecule has 1 fully saturated rings. The lowest BCUT2D eigenvalue weighted by atomic mass is 9.92. The van der Waals surface area contributed by atoms with Gasteiger partial charge in [-0.2, -0.15) is 0 Å². The number of ether oxygens (including phenoxy) is 2. The molecule has 0 saturated carbocycles. The van der Waals surface area contributed by atoms with Crippen molar-refractivity contribution in [3.63, 3.8) is 0 Å². The maximum absolute atomic E-state index is 15.1. The number of carbonyl (C=O) groups excluding carboxylic acids is 5. The Hall–Kier alpha value is -6.26. The molecule has 1 aliphatic rings. The lowest BCUT2D eigenvalue weighted by Gasteiger charge is -2.36. The maximum Gasteiger partial charge on any atom is 0.247 e. The van der Waals surface area contributed by atoms with Gasteiger partial charge in [0.15, 0.2) is 0 Å². The molecule has 15 nitrogen and oxygen atoms in total. The molecule has 71 heavy (non-hydrogen) atoms. The highest BCUT2D eigenvalue weighted by molar-refractivity contribution is 6.31. The molecule has 1 saturated heterocycles. The van der Waals surface area contributed by atoms with Crippen molar-refractivity contribution in [3.05, 3.63) is 136 Å². The molecule has 6 rings (SSSR count). The molecule has 0 bridgehead atoms. The van der Waals surface area contributed by atoms with Gasteiger partial charge in [0.25, 0.3) is 0 Å². The van der Waals surface area contributed by atoms with Gasteiger partial charge in [0, 0.05) is 74.9 Å². The Labute approximate surface area is 427 Å². The van der Waals surface area contributed by atoms with E-state index < -0.39 is 47.3 Å². The summed E-state index contributed by atoms with van der Waals surface area (Å²) in [6, 6.07) is 26.1. The van der Waals surface area contributed by atoms with E-state index in [0.717, 1.165) is 28.2 Å². The molecule has 4 atom stereocenters. The van der Waals surface area contributed by atoms with Crippen molar-refractivity contribution < 1.29 is 33.4 Å². The number of amides is 5. The number of hydrogen-bond acceptors (Lipinski definition) is 9. The van der Waals surface area contributed by atoms with Crippen LogP contribution in [0.5, 0.6) is 11.5 Å². The lowest BCUT2D eigenvalue weighted by Crippen LogP contribution is -2.58. The number of benzene rings is 4. The topological polar surface area (TPSA) is 159 Å². The highest BCUT2D eigenvalue weighted by Gasteiger charge is 2.37. The van der Waals surface area contributed by atoms with E-state index in [0.29, 0.717) is 33.7 Å². The quantitative estimate of drug-likeness (QED) is 0.125. The largest absolute Gasteiger partial charge is 0.457 e. The van der Waals surface area contributed by atoms with Crippen molar-refractivity contribution in [2.24, 2.45) is 13.0 Å². The Morgan fingerprint density at radius 3 is 2.14 bits per heavy atom. The van der Waals surface area contributed by atoms with Crippen LogP contribution in [-0.2, 0) is 61.7 Å². The summed E-state index contributed by atoms with van der Waals surface area (Å²) in [5.74, 6) is -1.38. The van der Waals surface area contributed by atoms with Gasteiger partial charge in [-0.1, -0.05) is 71.7 Å². The molecule has 17 heteroatoms. The van der Waals surface area contributed by atoms with Gasteiger partial charge < -0.3 is 44.3 Å². The van der Waals surface area contributed by atoms with Gasteiger partial charge in [0.05, 0.1) is 43.0 Å². The summed E-state index contributed by atoms with van der Waals surface area (Å²) >= 11 is 12.8. The molecular weight excluding hydrogens is 944 g/mol. The molecule has 0 radical (unpaired) electrons. The van der Waals surface area contributed by atoms with Gasteiger partial charge >= 0.3 is 0 Å². The van der Waals surface area contributed by atoms with Gasteiger partial charge in [0.2, 0.25) is 29.5 Å². The Morgan fingerprint density at radius 1 is 0.817 bits per heavy atom. The standard InChI is InChI=1S/C54H66Cl2N8O7/c1-35-51(67)58-45(33-70-9)53(69)62(7)43(26-37-15-20-41(55)21-16-37)29-49(65)59-54(2,3)34-61(6)52(68)40(25-36-13-11-10-12-14-36)27-50(66)64(35)31-39-17-22-42(56)28-47(39)71-44-23-18-38(19-24-44)46-30-57-48(63(46)8)32-60(4)5/h10-24,28,30,35,40,43,45H,25-27,29,31-34H2,1-9H3,(H,58,67)(H,59,65)/t35-,40+,43-,45-/m0/s1. The first-order valence-electron chi connectivity index (χ1n) is 23.6. The van der Waals surface area contributed by atoms with Crippen molar-refractivity contribution >= 4 is 52.7 Å². The summed E-state index contributed by atoms with van der Waals surface area (Å²) in [4.78, 5) is 83.9. The molecule has 2 N–H and O–H groups in total. The Balaban J connectivity index is 1.37. The van der Waals surface area contributed by atoms with E-state index in [1.54, 1.807) is 51.4 Å². The number of likely N-dealkylation sites (N-methyl/N-ethyl adjacent to an activating group) is 2. The van der Waals surface area contributed by atoms with Crippen LogP contribution in [0.1, 0.15) is 56.1 Å². The molecule has 1 aromatic heterocycles. The third-order valence-electron chi connectivity index (χ3n) is 12.7. The van der Waals surface area contributed by atoms with Crippen LogP contribution in [0.15, 0.2) is 103 Å². The number of rotatable bonds is 13. The summed E-state index contributed by atoms with van der Waals surface area (Å²) in [6.45, 7) is 5.69. The van der Waals surface area contributed by atoms with Gasteiger partial charge in [-0.3, -0.25) is 24.0 Å². The fraction of sp³-hybridized carbons (Fsp3) is 0.407. The predicted octanol–water partition coefficient (Wildman–Crippen LogP) is 7.17. The molecule has 0 aliphatic carbocycles. The summed E-state index contributed by atoms with van der Waals surface area (Å²) in [6.07, 6.45) is 1.99. The number of hydrogen-bond donors (Lipinski definition) is 2. The third-order valence-corrected chi connectivity index (χ3v) is 13.2. The van der Waals surface area contributed by atoms with Crippen molar-refractivity contribution in [2.75, 3.05) is 48.5 Å². The zero-order valence-corrected chi connectivity index (χ0v) is 43.6. The fourth-order valence-electron chi connectivity index (χ4n) is 8.92. The zero-order valence-electron chi connectivity index (χ0n) is 42.1. The molecule has 378 valence electrons. The smallest absolute Gasteiger partial charge is 0.247 e. The minimum Gasteiger partial charge on any atom is -0.457 e. The van der Waals surface area contributed by atoms with Crippen LogP contribution < -0.4 is 15.4 Å². The molecule has 0 unspecified atom stereocenters. The van der Waals surface area contributed by atoms with Crippen LogP contribution in [0.3, 0.4) is 0 Å². The second-order valence-corrected chi connectivity index (χ2v) is 20.2. The third kappa shape index (κ3) is 14.7. The first kappa shape index (κ1) is 54.1. The second kappa shape index (κ2) is 24.2. The number of halogens is 2. The Morgan fingerprint density at radius 2 is 1.48 bits per heavy atom. The van der Waals surface area contributed by atoms with Crippen LogP contribution >= 0.6 is 23.2 Å². The van der Waals surface area contributed by atoms with Crippen molar-refractivity contribution in [2.45, 2.75) is 83.2 Å². The van der Waals surface area contributed by atoms with Gasteiger partial charge in [0.1, 0.15) is 29.4 Å². The highest BCUT2D eigenvalue weighted by atomic mass is 35.5. The minimum absolute atomic E-state index is 0.0904. The van der Waals surface area contributed by atoms with E-state index in [1.807, 2.05) is 112 Å². The number of aromatic nitrogens is 2. The van der Waals surface area contributed by atoms with Crippen molar-refractivity contribution in [3.8, 4) is 22.8 Å². The highest BCUT2D eigenvalue weighted by Crippen LogP contribution is 2.33. The number of nitrogens with one attached hydrogen (secondary N) is 2. The molecule has 2 heterocycles. The van der Waals surface area contributed by atoms with Crippen molar-refractivity contribution in [1.29, 1.82) is 0 Å². The SMILES string of the molecule is COC[C@@H]1NC(=O)[C@H](C)N(Cc2ccc(Cl)cc2Oc2ccc(-c3cnc(CN(C)C)n3C)cc2)C(=O)C[C@@H](Cc2ccccc2)C(=O)N(C)CC(C)(C)NC(=O)C[C@H](Cc2ccc(Cl)cc2)N(C)C1=O. The van der Waals surface area contributed by atoms with E-state index in [9.17, 15) is 19.2 Å². The Bertz CT molecular complexity index is 2640. The Kier molecular flexibility index (Phi) is 18.5. The van der Waals surface area contributed by atoms with Gasteiger partial charge in [-0.15, -0.1) is 0 Å². The number of carbonyl (C=O) groups is 5. The molecule has 1 aliphatic heterocycles. The predicted molar refractivity (Wildman–Crippen MR) is 276 cm³/mol. The van der Waals surface area contributed by atoms with E-state index >= 15 is 4.79 Å². The second-order valence-electron chi connectivity index (χ2n) is 19.3. The van der Waals surface area contributed by atoms with Gasteiger partial charge in [-0.05, 0) is 107 Å². The van der Waals surface area contributed by atoms with Crippen LogP contribution in [0, 0.1) is 5.92 Å². The summed E-state index contributed by atoms with van der Waals surface area (Å²) in [5.41, 5.74) is 3.15. The number of imidazole rings is 1. The zero-order chi connectivity index (χ0) is 51.6. The van der Waals surface area contributed by atoms with E-state index in [1.165, 1.54) is 21.8 Å². The fourth-order valence-corrected chi connectivity index (χ4v) is 9.21. The first-order chi connectivity index (χ1) is 33.7. The lowest BCUT2D eigenvalue weighted by molar-refractivity contribution is -0.146. The number of nitrogens with zero attached hydrogens (tertiary/aromatic N) is 6. The van der Waals surface area contributed by atoms with Gasteiger partial charge in [-0.25, -0.2) is 4.98 Å². The van der Waals surface area contributed by atoms with Crippen LogP contribution in [0.25, 0.3) is 11.3 Å². The summed E-state index contributed by atoms with van der Waals surface area (Å²) in [7, 11) is 10.6. The van der Waals surface area contributed by atoms with Crippen molar-refractivity contribution in [1.82, 2.24) is 39.8 Å². The normalized spacial score (nSPS) is 19.9. The van der Waals surface area contributed by atoms with E-state index in [2.05, 4.69) is 20.5 Å². The molecule has 5 amide bonds. The molecule has 0 spiro atoms. The maximum atomic E-state index is 15.1. The monoisotopic (exact) mass is 1010 g/mol. The number of methoxy groups -OCH3 is 1. The summed E-state index contributed by atoms with van der Waals surface area (Å²) < 4.78 is 14.0. The average Bonchev–Trinajstić information content (AvgIpc) is 3.68. The molecule has 5 aromatic rings.